The van der Waals surface area contributed by atoms with E-state index in [-0.39, 0.29) is 12.3 Å². The van der Waals surface area contributed by atoms with Crippen molar-refractivity contribution < 1.29 is 19.0 Å². The maximum atomic E-state index is 13.5. The molecule has 4 aromatic rings. The summed E-state index contributed by atoms with van der Waals surface area (Å²) in [6.07, 6.45) is 11.6. The molecule has 8 nitrogen and oxygen atoms in total. The molecular weight excluding hydrogens is 485 g/mol. The number of aromatic amines is 1. The lowest BCUT2D eigenvalue weighted by Gasteiger charge is -2.27. The summed E-state index contributed by atoms with van der Waals surface area (Å²) < 4.78 is 20.9. The van der Waals surface area contributed by atoms with Crippen molar-refractivity contribution >= 4 is 29.2 Å². The van der Waals surface area contributed by atoms with Gasteiger partial charge in [-0.25, -0.2) is 9.37 Å². The van der Waals surface area contributed by atoms with Crippen molar-refractivity contribution in [1.82, 2.24) is 24.6 Å². The van der Waals surface area contributed by atoms with Gasteiger partial charge in [-0.2, -0.15) is 9.61 Å². The molecule has 0 aliphatic heterocycles. The highest BCUT2D eigenvalue weighted by atomic mass is 19.1. The zero-order valence-corrected chi connectivity index (χ0v) is 22.9. The molecular formula is C29H38FN5O3. The van der Waals surface area contributed by atoms with E-state index in [2.05, 4.69) is 34.3 Å². The number of nitrogens with zero attached hydrogens (tertiary/aromatic N) is 4. The number of aromatic nitrogens is 5. The molecule has 1 aliphatic rings. The van der Waals surface area contributed by atoms with Gasteiger partial charge in [-0.05, 0) is 63.3 Å². The van der Waals surface area contributed by atoms with Crippen molar-refractivity contribution in [2.45, 2.75) is 65.4 Å². The summed E-state index contributed by atoms with van der Waals surface area (Å²) in [4.78, 5) is 21.3. The number of carbonyl (C=O) groups is 1. The number of hydrogen-bond acceptors (Lipinski definition) is 5. The molecule has 0 unspecified atom stereocenters. The van der Waals surface area contributed by atoms with Gasteiger partial charge < -0.3 is 14.8 Å². The van der Waals surface area contributed by atoms with E-state index in [1.807, 2.05) is 43.7 Å². The summed E-state index contributed by atoms with van der Waals surface area (Å²) >= 11 is 0. The van der Waals surface area contributed by atoms with Gasteiger partial charge in [0, 0.05) is 47.6 Å². The van der Waals surface area contributed by atoms with Crippen molar-refractivity contribution in [2.75, 3.05) is 7.11 Å². The lowest BCUT2D eigenvalue weighted by Crippen LogP contribution is -2.20. The largest absolute Gasteiger partial charge is 0.483 e. The number of rotatable bonds is 4. The molecule has 204 valence electrons. The van der Waals surface area contributed by atoms with Crippen molar-refractivity contribution in [3.8, 4) is 11.1 Å². The summed E-state index contributed by atoms with van der Waals surface area (Å²) in [5.74, 6) is 0.142. The number of carboxylic acid groups (broad SMARTS) is 1. The summed E-state index contributed by atoms with van der Waals surface area (Å²) in [7, 11) is 1.79. The Hall–Kier alpha value is -3.85. The van der Waals surface area contributed by atoms with Crippen LogP contribution in [0.2, 0.25) is 0 Å². The van der Waals surface area contributed by atoms with Crippen LogP contribution in [-0.4, -0.2) is 49.4 Å². The molecule has 5 rings (SSSR count). The first-order valence-corrected chi connectivity index (χ1v) is 12.7. The van der Waals surface area contributed by atoms with E-state index in [1.54, 1.807) is 13.3 Å². The molecule has 4 heterocycles. The second-order valence-electron chi connectivity index (χ2n) is 8.48. The van der Waals surface area contributed by atoms with Crippen LogP contribution in [0.3, 0.4) is 0 Å². The van der Waals surface area contributed by atoms with Gasteiger partial charge in [0.15, 0.2) is 5.65 Å². The molecule has 4 aromatic heterocycles. The second kappa shape index (κ2) is 14.8. The minimum atomic E-state index is -0.250. The standard InChI is InChI=1S/C24H26FN5O.C2H6.C2H4.CH2O2/c1-14(25)10-17-11-18(12-27-15(17)2)21-13-28-30-23-20(8-9-26-23)22(29-24(21)30)16-4-6-19(31-3)7-5-16;2*1-2;2-1-3/h8-13,16,19,26H,4-7H2,1-3H3;1-2H3;1-2H2;1H,(H,2,3)/b14-10+;;;. The number of fused-ring (bicyclic) bond motifs is 3. The molecule has 0 spiro atoms. The number of hydrogen-bond donors (Lipinski definition) is 2. The molecule has 1 aliphatic carbocycles. The molecule has 2 N–H and O–H groups in total. The summed E-state index contributed by atoms with van der Waals surface area (Å²) in [5.41, 5.74) is 6.15. The first-order valence-electron chi connectivity index (χ1n) is 12.7. The third-order valence-corrected chi connectivity index (χ3v) is 6.37. The number of halogens is 1. The average molecular weight is 524 g/mol. The Morgan fingerprint density at radius 3 is 2.50 bits per heavy atom. The number of H-pyrrole nitrogens is 1. The van der Waals surface area contributed by atoms with Crippen molar-refractivity contribution in [3.63, 3.8) is 0 Å². The maximum absolute atomic E-state index is 13.5. The average Bonchev–Trinajstić information content (AvgIpc) is 3.59. The fourth-order valence-corrected chi connectivity index (χ4v) is 4.67. The van der Waals surface area contributed by atoms with Crippen LogP contribution in [0.25, 0.3) is 33.9 Å². The third kappa shape index (κ3) is 6.72. The van der Waals surface area contributed by atoms with E-state index in [0.717, 1.165) is 70.4 Å². The number of aryl methyl sites for hydroxylation is 1. The normalized spacial score (nSPS) is 16.9. The van der Waals surface area contributed by atoms with Crippen molar-refractivity contribution in [2.24, 2.45) is 0 Å². The summed E-state index contributed by atoms with van der Waals surface area (Å²) in [6, 6.07) is 4.04. The minimum absolute atomic E-state index is 0.248. The molecule has 0 saturated heterocycles. The predicted molar refractivity (Wildman–Crippen MR) is 151 cm³/mol. The number of allylic oxidation sites excluding steroid dienone is 1. The number of nitrogens with one attached hydrogen (secondary N) is 1. The highest BCUT2D eigenvalue weighted by Gasteiger charge is 2.26. The van der Waals surface area contributed by atoms with Crippen molar-refractivity contribution in [1.29, 1.82) is 0 Å². The summed E-state index contributed by atoms with van der Waals surface area (Å²) in [6.45, 7) is 13.1. The zero-order chi connectivity index (χ0) is 28.2. The van der Waals surface area contributed by atoms with Gasteiger partial charge in [-0.3, -0.25) is 9.78 Å². The molecule has 0 amide bonds. The van der Waals surface area contributed by atoms with Crippen LogP contribution in [0.5, 0.6) is 0 Å². The zero-order valence-electron chi connectivity index (χ0n) is 22.9. The van der Waals surface area contributed by atoms with E-state index in [9.17, 15) is 4.39 Å². The van der Waals surface area contributed by atoms with Gasteiger partial charge in [0.05, 0.1) is 23.8 Å². The lowest BCUT2D eigenvalue weighted by molar-refractivity contribution is -0.122. The first-order chi connectivity index (χ1) is 18.5. The van der Waals surface area contributed by atoms with Gasteiger partial charge in [0.1, 0.15) is 5.65 Å². The highest BCUT2D eigenvalue weighted by Crippen LogP contribution is 2.37. The first kappa shape index (κ1) is 30.4. The number of pyridine rings is 1. The fourth-order valence-electron chi connectivity index (χ4n) is 4.67. The molecule has 1 fully saturated rings. The smallest absolute Gasteiger partial charge is 0.290 e. The number of methoxy groups -OCH3 is 1. The van der Waals surface area contributed by atoms with Crippen LogP contribution >= 0.6 is 0 Å². The van der Waals surface area contributed by atoms with E-state index >= 15 is 0 Å². The Labute approximate surface area is 223 Å². The van der Waals surface area contributed by atoms with Crippen LogP contribution in [0.15, 0.2) is 49.7 Å². The van der Waals surface area contributed by atoms with Crippen LogP contribution in [-0.2, 0) is 9.53 Å². The summed E-state index contributed by atoms with van der Waals surface area (Å²) in [5, 5.41) is 12.6. The fraction of sp³-hybridized carbons (Fsp3) is 0.379. The second-order valence-corrected chi connectivity index (χ2v) is 8.48. The van der Waals surface area contributed by atoms with E-state index < -0.39 is 0 Å². The van der Waals surface area contributed by atoms with Crippen LogP contribution in [0.4, 0.5) is 4.39 Å². The molecule has 0 atom stereocenters. The van der Waals surface area contributed by atoms with Crippen LogP contribution in [0.1, 0.15) is 69.3 Å². The Kier molecular flexibility index (Phi) is 11.8. The molecule has 0 aromatic carbocycles. The minimum Gasteiger partial charge on any atom is -0.483 e. The van der Waals surface area contributed by atoms with E-state index in [0.29, 0.717) is 12.0 Å². The molecule has 38 heavy (non-hydrogen) atoms. The maximum Gasteiger partial charge on any atom is 0.290 e. The van der Waals surface area contributed by atoms with Gasteiger partial charge in [-0.15, -0.1) is 13.2 Å². The van der Waals surface area contributed by atoms with Crippen LogP contribution < -0.4 is 0 Å². The van der Waals surface area contributed by atoms with Gasteiger partial charge in [0.25, 0.3) is 6.47 Å². The molecule has 0 bridgehead atoms. The Morgan fingerprint density at radius 1 is 1.24 bits per heavy atom. The highest BCUT2D eigenvalue weighted by molar-refractivity contribution is 5.86. The Balaban J connectivity index is 0.000000665. The van der Waals surface area contributed by atoms with Crippen LogP contribution in [0, 0.1) is 6.92 Å². The van der Waals surface area contributed by atoms with Gasteiger partial charge >= 0.3 is 0 Å². The lowest BCUT2D eigenvalue weighted by atomic mass is 9.84. The van der Waals surface area contributed by atoms with E-state index in [1.165, 1.54) is 13.0 Å². The topological polar surface area (TPSA) is 105 Å². The number of ether oxygens (including phenoxy) is 1. The monoisotopic (exact) mass is 523 g/mol. The van der Waals surface area contributed by atoms with Gasteiger partial charge in [0.2, 0.25) is 0 Å². The molecule has 1 saturated carbocycles. The van der Waals surface area contributed by atoms with Crippen molar-refractivity contribution in [3.05, 3.63) is 66.7 Å². The third-order valence-electron chi connectivity index (χ3n) is 6.37. The van der Waals surface area contributed by atoms with E-state index in [4.69, 9.17) is 19.6 Å². The van der Waals surface area contributed by atoms with Gasteiger partial charge in [-0.1, -0.05) is 13.8 Å². The Bertz CT molecular complexity index is 1350. The predicted octanol–water partition coefficient (Wildman–Crippen LogP) is 7.11. The SMILES string of the molecule is C=C.CC.COC1CCC(c2nc3c(-c4cnc(C)c(/C=C(\C)F)c4)cnn3c3[nH]ccc23)CC1.O=CO. The molecule has 0 radical (unpaired) electrons. The Morgan fingerprint density at radius 2 is 1.89 bits per heavy atom. The quantitative estimate of drug-likeness (QED) is 0.218. The molecule has 9 heteroatoms.